The van der Waals surface area contributed by atoms with Gasteiger partial charge in [-0.25, -0.2) is 4.39 Å². The molecule has 0 amide bonds. The predicted octanol–water partition coefficient (Wildman–Crippen LogP) is 4.33. The smallest absolute Gasteiger partial charge is 0.129 e. The molecule has 1 fully saturated rings. The normalized spacial score (nSPS) is 14.4. The number of benzene rings is 2. The zero-order chi connectivity index (χ0) is 18.7. The van der Waals surface area contributed by atoms with Gasteiger partial charge in [-0.1, -0.05) is 31.0 Å². The predicted molar refractivity (Wildman–Crippen MR) is 104 cm³/mol. The van der Waals surface area contributed by atoms with Gasteiger partial charge in [0, 0.05) is 18.2 Å². The molecule has 0 saturated heterocycles. The minimum Gasteiger partial charge on any atom is -0.491 e. The average molecular weight is 373 g/mol. The Morgan fingerprint density at radius 2 is 1.56 bits per heavy atom. The van der Waals surface area contributed by atoms with E-state index in [0.717, 1.165) is 12.3 Å². The minimum absolute atomic E-state index is 0.204. The van der Waals surface area contributed by atoms with Crippen LogP contribution in [0, 0.1) is 5.82 Å². The molecule has 2 aromatic carbocycles. The van der Waals surface area contributed by atoms with Crippen LogP contribution in [0.15, 0.2) is 48.5 Å². The van der Waals surface area contributed by atoms with E-state index in [9.17, 15) is 4.39 Å². The summed E-state index contributed by atoms with van der Waals surface area (Å²) in [5.74, 6) is 1.19. The number of rotatable bonds is 11. The topological polar surface area (TPSA) is 39.7 Å². The maximum atomic E-state index is 13.6. The molecule has 3 rings (SSSR count). The van der Waals surface area contributed by atoms with Gasteiger partial charge in [0.1, 0.15) is 30.5 Å². The van der Waals surface area contributed by atoms with Crippen LogP contribution in [-0.2, 0) is 11.3 Å². The second kappa shape index (κ2) is 10.9. The van der Waals surface area contributed by atoms with E-state index >= 15 is 0 Å². The van der Waals surface area contributed by atoms with Crippen molar-refractivity contribution in [1.82, 2.24) is 5.32 Å². The van der Waals surface area contributed by atoms with Crippen LogP contribution in [0.3, 0.4) is 0 Å². The summed E-state index contributed by atoms with van der Waals surface area (Å²) in [5, 5.41) is 3.52. The molecule has 1 aliphatic rings. The highest BCUT2D eigenvalue weighted by Gasteiger charge is 2.13. The second-order valence-electron chi connectivity index (χ2n) is 6.75. The third-order valence-corrected chi connectivity index (χ3v) is 4.71. The van der Waals surface area contributed by atoms with Crippen molar-refractivity contribution in [2.45, 2.75) is 38.3 Å². The molecule has 1 saturated carbocycles. The Morgan fingerprint density at radius 3 is 2.30 bits per heavy atom. The van der Waals surface area contributed by atoms with Crippen molar-refractivity contribution in [2.75, 3.05) is 26.4 Å². The summed E-state index contributed by atoms with van der Waals surface area (Å²) in [5.41, 5.74) is 0.539. The first-order chi connectivity index (χ1) is 13.3. The highest BCUT2D eigenvalue weighted by atomic mass is 19.1. The van der Waals surface area contributed by atoms with Crippen LogP contribution in [0.1, 0.15) is 31.2 Å². The summed E-state index contributed by atoms with van der Waals surface area (Å²) in [6, 6.07) is 14.6. The summed E-state index contributed by atoms with van der Waals surface area (Å²) in [7, 11) is 0. The molecule has 0 unspecified atom stereocenters. The number of hydrogen-bond acceptors (Lipinski definition) is 4. The Morgan fingerprint density at radius 1 is 0.852 bits per heavy atom. The summed E-state index contributed by atoms with van der Waals surface area (Å²) >= 11 is 0. The van der Waals surface area contributed by atoms with Crippen LogP contribution in [0.2, 0.25) is 0 Å². The molecule has 0 atom stereocenters. The molecule has 146 valence electrons. The molecule has 1 aliphatic carbocycles. The maximum Gasteiger partial charge on any atom is 0.129 e. The quantitative estimate of drug-likeness (QED) is 0.595. The Labute approximate surface area is 160 Å². The van der Waals surface area contributed by atoms with E-state index in [0.29, 0.717) is 37.2 Å². The lowest BCUT2D eigenvalue weighted by atomic mass is 10.2. The SMILES string of the molecule is Fc1ccccc1COc1ccc(OCCOCCNC2CCCC2)cc1. The molecule has 0 radical (unpaired) electrons. The summed E-state index contributed by atoms with van der Waals surface area (Å²) in [6.07, 6.45) is 5.28. The zero-order valence-electron chi connectivity index (χ0n) is 15.7. The number of halogens is 1. The van der Waals surface area contributed by atoms with E-state index in [2.05, 4.69) is 5.32 Å². The van der Waals surface area contributed by atoms with Gasteiger partial charge in [0.05, 0.1) is 13.2 Å². The van der Waals surface area contributed by atoms with Crippen molar-refractivity contribution >= 4 is 0 Å². The zero-order valence-corrected chi connectivity index (χ0v) is 15.7. The molecule has 5 heteroatoms. The second-order valence-corrected chi connectivity index (χ2v) is 6.75. The highest BCUT2D eigenvalue weighted by Crippen LogP contribution is 2.19. The summed E-state index contributed by atoms with van der Waals surface area (Å²) in [4.78, 5) is 0. The first-order valence-electron chi connectivity index (χ1n) is 9.71. The van der Waals surface area contributed by atoms with E-state index in [4.69, 9.17) is 14.2 Å². The maximum absolute atomic E-state index is 13.6. The fourth-order valence-corrected chi connectivity index (χ4v) is 3.19. The van der Waals surface area contributed by atoms with Gasteiger partial charge in [0.25, 0.3) is 0 Å². The molecule has 2 aromatic rings. The molecule has 4 nitrogen and oxygen atoms in total. The van der Waals surface area contributed by atoms with Crippen molar-refractivity contribution < 1.29 is 18.6 Å². The first kappa shape index (κ1) is 19.6. The molecule has 0 aliphatic heterocycles. The summed E-state index contributed by atoms with van der Waals surface area (Å²) in [6.45, 7) is 2.90. The van der Waals surface area contributed by atoms with Gasteiger partial charge in [-0.2, -0.15) is 0 Å². The van der Waals surface area contributed by atoms with Crippen LogP contribution >= 0.6 is 0 Å². The number of hydrogen-bond donors (Lipinski definition) is 1. The van der Waals surface area contributed by atoms with E-state index in [1.54, 1.807) is 18.2 Å². The van der Waals surface area contributed by atoms with Gasteiger partial charge in [-0.3, -0.25) is 0 Å². The standard InChI is InChI=1S/C22H28FNO3/c23-22-8-4-1-5-18(22)17-27-21-11-9-20(10-12-21)26-16-15-25-14-13-24-19-6-2-3-7-19/h1,4-5,8-12,19,24H,2-3,6-7,13-17H2. The van der Waals surface area contributed by atoms with Crippen molar-refractivity contribution in [3.8, 4) is 11.5 Å². The third kappa shape index (κ3) is 6.85. The lowest BCUT2D eigenvalue weighted by Crippen LogP contribution is -2.29. The molecular weight excluding hydrogens is 345 g/mol. The van der Waals surface area contributed by atoms with Crippen molar-refractivity contribution in [2.24, 2.45) is 0 Å². The van der Waals surface area contributed by atoms with Crippen molar-refractivity contribution in [1.29, 1.82) is 0 Å². The van der Waals surface area contributed by atoms with Crippen LogP contribution in [0.5, 0.6) is 11.5 Å². The Bertz CT molecular complexity index is 672. The third-order valence-electron chi connectivity index (χ3n) is 4.71. The number of nitrogens with one attached hydrogen (secondary N) is 1. The van der Waals surface area contributed by atoms with Crippen LogP contribution in [0.25, 0.3) is 0 Å². The molecule has 1 N–H and O–H groups in total. The molecule has 0 bridgehead atoms. The van der Waals surface area contributed by atoms with Crippen LogP contribution in [0.4, 0.5) is 4.39 Å². The molecular formula is C22H28FNO3. The van der Waals surface area contributed by atoms with Crippen molar-refractivity contribution in [3.63, 3.8) is 0 Å². The molecule has 0 spiro atoms. The molecule has 0 aromatic heterocycles. The van der Waals surface area contributed by atoms with Crippen molar-refractivity contribution in [3.05, 3.63) is 59.9 Å². The summed E-state index contributed by atoms with van der Waals surface area (Å²) < 4.78 is 30.4. The van der Waals surface area contributed by atoms with Gasteiger partial charge in [-0.05, 0) is 43.2 Å². The highest BCUT2D eigenvalue weighted by molar-refractivity contribution is 5.31. The monoisotopic (exact) mass is 373 g/mol. The van der Waals surface area contributed by atoms with Gasteiger partial charge in [0.15, 0.2) is 0 Å². The van der Waals surface area contributed by atoms with E-state index in [-0.39, 0.29) is 12.4 Å². The van der Waals surface area contributed by atoms with Crippen LogP contribution < -0.4 is 14.8 Å². The fraction of sp³-hybridized carbons (Fsp3) is 0.455. The Balaban J connectivity index is 1.27. The average Bonchev–Trinajstić information content (AvgIpc) is 3.21. The lowest BCUT2D eigenvalue weighted by molar-refractivity contribution is 0.100. The molecule has 27 heavy (non-hydrogen) atoms. The minimum atomic E-state index is -0.254. The van der Waals surface area contributed by atoms with Gasteiger partial charge in [0.2, 0.25) is 0 Å². The van der Waals surface area contributed by atoms with E-state index < -0.39 is 0 Å². The first-order valence-corrected chi connectivity index (χ1v) is 9.71. The van der Waals surface area contributed by atoms with Gasteiger partial charge >= 0.3 is 0 Å². The number of ether oxygens (including phenoxy) is 3. The largest absolute Gasteiger partial charge is 0.491 e. The van der Waals surface area contributed by atoms with Gasteiger partial charge < -0.3 is 19.5 Å². The lowest BCUT2D eigenvalue weighted by Gasteiger charge is -2.12. The van der Waals surface area contributed by atoms with E-state index in [1.165, 1.54) is 31.7 Å². The van der Waals surface area contributed by atoms with Crippen LogP contribution in [-0.4, -0.2) is 32.4 Å². The van der Waals surface area contributed by atoms with Gasteiger partial charge in [-0.15, -0.1) is 0 Å². The Kier molecular flexibility index (Phi) is 7.93. The fourth-order valence-electron chi connectivity index (χ4n) is 3.19. The Hall–Kier alpha value is -2.11. The van der Waals surface area contributed by atoms with E-state index in [1.807, 2.05) is 24.3 Å². The molecule has 0 heterocycles.